The molecule has 0 saturated carbocycles. The maximum atomic E-state index is 12.9. The van der Waals surface area contributed by atoms with E-state index >= 15 is 0 Å². The Labute approximate surface area is 185 Å². The summed E-state index contributed by atoms with van der Waals surface area (Å²) in [6.45, 7) is 4.05. The van der Waals surface area contributed by atoms with Gasteiger partial charge in [-0.15, -0.1) is 0 Å². The van der Waals surface area contributed by atoms with E-state index in [0.717, 1.165) is 5.56 Å². The van der Waals surface area contributed by atoms with Gasteiger partial charge in [-0.1, -0.05) is 37.6 Å². The maximum Gasteiger partial charge on any atom is 0.419 e. The molecular formula is C21H24ClN3O5S. The number of nitrogens with zero attached hydrogens (tertiary/aromatic N) is 1. The van der Waals surface area contributed by atoms with E-state index in [0.29, 0.717) is 17.0 Å². The van der Waals surface area contributed by atoms with Crippen LogP contribution in [0.3, 0.4) is 0 Å². The molecule has 2 N–H and O–H groups in total. The predicted molar refractivity (Wildman–Crippen MR) is 118 cm³/mol. The van der Waals surface area contributed by atoms with E-state index in [1.807, 2.05) is 13.8 Å². The molecule has 10 heteroatoms. The summed E-state index contributed by atoms with van der Waals surface area (Å²) < 4.78 is 34.7. The van der Waals surface area contributed by atoms with Crippen LogP contribution in [-0.4, -0.2) is 24.9 Å². The van der Waals surface area contributed by atoms with Crippen LogP contribution in [0.2, 0.25) is 5.02 Å². The molecule has 8 nitrogen and oxygen atoms in total. The number of rotatable bonds is 8. The molecule has 0 bridgehead atoms. The van der Waals surface area contributed by atoms with Gasteiger partial charge in [0.2, 0.25) is 15.9 Å². The van der Waals surface area contributed by atoms with Gasteiger partial charge in [0.1, 0.15) is 6.04 Å². The van der Waals surface area contributed by atoms with Gasteiger partial charge in [-0.05, 0) is 42.2 Å². The molecule has 1 amide bonds. The Hall–Kier alpha value is -2.62. The highest BCUT2D eigenvalue weighted by Gasteiger charge is 2.27. The van der Waals surface area contributed by atoms with E-state index in [1.54, 1.807) is 24.3 Å². The Morgan fingerprint density at radius 1 is 1.16 bits per heavy atom. The minimum atomic E-state index is -4.03. The summed E-state index contributed by atoms with van der Waals surface area (Å²) in [4.78, 5) is 24.3. The van der Waals surface area contributed by atoms with Crippen LogP contribution in [0.5, 0.6) is 0 Å². The number of sulfonamides is 1. The maximum absolute atomic E-state index is 12.9. The van der Waals surface area contributed by atoms with E-state index in [4.69, 9.17) is 16.0 Å². The quantitative estimate of drug-likeness (QED) is 0.531. The molecule has 0 saturated heterocycles. The Bertz CT molecular complexity index is 1250. The molecule has 166 valence electrons. The summed E-state index contributed by atoms with van der Waals surface area (Å²) in [7, 11) is -2.50. The second kappa shape index (κ2) is 9.25. The van der Waals surface area contributed by atoms with Crippen molar-refractivity contribution in [1.82, 2.24) is 14.6 Å². The van der Waals surface area contributed by atoms with Crippen LogP contribution in [0.25, 0.3) is 11.1 Å². The third-order valence-corrected chi connectivity index (χ3v) is 6.50. The van der Waals surface area contributed by atoms with Crippen molar-refractivity contribution in [2.24, 2.45) is 13.0 Å². The fourth-order valence-electron chi connectivity index (χ4n) is 3.13. The topological polar surface area (TPSA) is 110 Å². The molecular weight excluding hydrogens is 442 g/mol. The van der Waals surface area contributed by atoms with Crippen molar-refractivity contribution in [2.45, 2.75) is 37.8 Å². The molecule has 3 rings (SSSR count). The standard InChI is InChI=1S/C21H24ClN3O5S/c1-13(2)10-17(20(26)23-12-14-4-6-15(22)7-5-14)24-31(28,29)16-8-9-18-19(11-16)30-21(27)25(18)3/h4-9,11,13,17,24H,10,12H2,1-3H3,(H,23,26)/t17-/m1/s1. The van der Waals surface area contributed by atoms with Gasteiger partial charge in [-0.2, -0.15) is 4.72 Å². The molecule has 31 heavy (non-hydrogen) atoms. The van der Waals surface area contributed by atoms with Gasteiger partial charge in [0.15, 0.2) is 5.58 Å². The van der Waals surface area contributed by atoms with Crippen LogP contribution in [0.4, 0.5) is 0 Å². The Kier molecular flexibility index (Phi) is 6.88. The van der Waals surface area contributed by atoms with Crippen molar-refractivity contribution in [3.05, 3.63) is 63.6 Å². The molecule has 0 fully saturated rings. The van der Waals surface area contributed by atoms with Gasteiger partial charge in [0.05, 0.1) is 10.4 Å². The number of carbonyl (C=O) groups is 1. The Morgan fingerprint density at radius 3 is 2.48 bits per heavy atom. The largest absolute Gasteiger partial charge is 0.419 e. The number of carbonyl (C=O) groups excluding carboxylic acids is 1. The SMILES string of the molecule is CC(C)C[C@@H](NS(=O)(=O)c1ccc2c(c1)oc(=O)n2C)C(=O)NCc1ccc(Cl)cc1. The molecule has 0 radical (unpaired) electrons. The number of fused-ring (bicyclic) bond motifs is 1. The lowest BCUT2D eigenvalue weighted by molar-refractivity contribution is -0.123. The number of oxazole rings is 1. The fourth-order valence-corrected chi connectivity index (χ4v) is 4.48. The highest BCUT2D eigenvalue weighted by Crippen LogP contribution is 2.19. The first kappa shape index (κ1) is 23.1. The predicted octanol–water partition coefficient (Wildman–Crippen LogP) is 2.79. The van der Waals surface area contributed by atoms with Crippen molar-refractivity contribution in [3.8, 4) is 0 Å². The van der Waals surface area contributed by atoms with E-state index in [2.05, 4.69) is 10.0 Å². The molecule has 1 heterocycles. The molecule has 1 atom stereocenters. The van der Waals surface area contributed by atoms with Gasteiger partial charge in [0.25, 0.3) is 0 Å². The number of hydrogen-bond acceptors (Lipinski definition) is 5. The minimum absolute atomic E-state index is 0.0728. The summed E-state index contributed by atoms with van der Waals surface area (Å²) in [5, 5.41) is 3.36. The van der Waals surface area contributed by atoms with Gasteiger partial charge in [-0.3, -0.25) is 9.36 Å². The number of halogens is 1. The van der Waals surface area contributed by atoms with Crippen LogP contribution >= 0.6 is 11.6 Å². The van der Waals surface area contributed by atoms with Crippen LogP contribution in [-0.2, 0) is 28.4 Å². The molecule has 0 spiro atoms. The van der Waals surface area contributed by atoms with Crippen molar-refractivity contribution in [1.29, 1.82) is 0 Å². The number of hydrogen-bond donors (Lipinski definition) is 2. The first-order valence-corrected chi connectivity index (χ1v) is 11.6. The molecule has 0 unspecified atom stereocenters. The van der Waals surface area contributed by atoms with E-state index < -0.39 is 27.7 Å². The lowest BCUT2D eigenvalue weighted by Crippen LogP contribution is -2.47. The number of benzene rings is 2. The summed E-state index contributed by atoms with van der Waals surface area (Å²) in [6.07, 6.45) is 0.314. The zero-order chi connectivity index (χ0) is 22.8. The Balaban J connectivity index is 1.79. The van der Waals surface area contributed by atoms with Crippen LogP contribution < -0.4 is 15.8 Å². The van der Waals surface area contributed by atoms with E-state index in [-0.39, 0.29) is 22.9 Å². The lowest BCUT2D eigenvalue weighted by atomic mass is 10.0. The van der Waals surface area contributed by atoms with Crippen molar-refractivity contribution in [3.63, 3.8) is 0 Å². The average Bonchev–Trinajstić information content (AvgIpc) is 2.99. The second-order valence-corrected chi connectivity index (χ2v) is 9.85. The summed E-state index contributed by atoms with van der Waals surface area (Å²) >= 11 is 5.87. The smallest absolute Gasteiger partial charge is 0.408 e. The first-order chi connectivity index (χ1) is 14.6. The summed E-state index contributed by atoms with van der Waals surface area (Å²) in [5.41, 5.74) is 1.47. The summed E-state index contributed by atoms with van der Waals surface area (Å²) in [5.74, 6) is -0.945. The van der Waals surface area contributed by atoms with Gasteiger partial charge >= 0.3 is 5.76 Å². The normalized spacial score (nSPS) is 12.9. The fraction of sp³-hybridized carbons (Fsp3) is 0.333. The number of aryl methyl sites for hydroxylation is 1. The van der Waals surface area contributed by atoms with Gasteiger partial charge in [0, 0.05) is 24.7 Å². The zero-order valence-corrected chi connectivity index (χ0v) is 19.0. The highest BCUT2D eigenvalue weighted by molar-refractivity contribution is 7.89. The number of aromatic nitrogens is 1. The van der Waals surface area contributed by atoms with E-state index in [9.17, 15) is 18.0 Å². The number of amides is 1. The van der Waals surface area contributed by atoms with Gasteiger partial charge in [-0.25, -0.2) is 13.2 Å². The molecule has 1 aromatic heterocycles. The molecule has 0 aliphatic rings. The molecule has 0 aliphatic heterocycles. The first-order valence-electron chi connectivity index (χ1n) is 9.71. The monoisotopic (exact) mass is 465 g/mol. The van der Waals surface area contributed by atoms with Gasteiger partial charge < -0.3 is 9.73 Å². The lowest BCUT2D eigenvalue weighted by Gasteiger charge is -2.20. The number of nitrogens with one attached hydrogen (secondary N) is 2. The minimum Gasteiger partial charge on any atom is -0.408 e. The molecule has 2 aromatic carbocycles. The van der Waals surface area contributed by atoms with Crippen LogP contribution in [0.1, 0.15) is 25.8 Å². The van der Waals surface area contributed by atoms with E-state index in [1.165, 1.54) is 29.8 Å². The second-order valence-electron chi connectivity index (χ2n) is 7.70. The molecule has 0 aliphatic carbocycles. The zero-order valence-electron chi connectivity index (χ0n) is 17.4. The van der Waals surface area contributed by atoms with Crippen molar-refractivity contribution in [2.75, 3.05) is 0 Å². The van der Waals surface area contributed by atoms with Crippen LogP contribution in [0.15, 0.2) is 56.6 Å². The van der Waals surface area contributed by atoms with Crippen LogP contribution in [0, 0.1) is 5.92 Å². The van der Waals surface area contributed by atoms with Crippen molar-refractivity contribution >= 4 is 38.6 Å². The summed E-state index contributed by atoms with van der Waals surface area (Å²) in [6, 6.07) is 10.2. The average molecular weight is 466 g/mol. The van der Waals surface area contributed by atoms with Crippen molar-refractivity contribution < 1.29 is 17.6 Å². The Morgan fingerprint density at radius 2 is 1.84 bits per heavy atom. The molecule has 3 aromatic rings. The highest BCUT2D eigenvalue weighted by atomic mass is 35.5. The third-order valence-electron chi connectivity index (χ3n) is 4.78. The third kappa shape index (κ3) is 5.55.